The van der Waals surface area contributed by atoms with E-state index >= 15 is 0 Å². The molecule has 0 aromatic heterocycles. The molecule has 2 saturated heterocycles. The average molecular weight is 232 g/mol. The first kappa shape index (κ1) is 13.9. The molecule has 2 unspecified atom stereocenters. The molecule has 2 heterocycles. The summed E-state index contributed by atoms with van der Waals surface area (Å²) in [5.41, 5.74) is 0. The maximum atomic E-state index is 8.56. The van der Waals surface area contributed by atoms with Crippen LogP contribution in [0.3, 0.4) is 0 Å². The molecular formula is C12H24O4. The van der Waals surface area contributed by atoms with E-state index < -0.39 is 0 Å². The van der Waals surface area contributed by atoms with Gasteiger partial charge in [0.2, 0.25) is 0 Å². The van der Waals surface area contributed by atoms with Crippen LogP contribution in [-0.2, 0) is 9.47 Å². The fraction of sp³-hybridized carbons (Fsp3) is 1.00. The average Bonchev–Trinajstić information content (AvgIpc) is 2.88. The van der Waals surface area contributed by atoms with Gasteiger partial charge in [-0.3, -0.25) is 0 Å². The van der Waals surface area contributed by atoms with Crippen LogP contribution in [0.15, 0.2) is 0 Å². The molecule has 2 N–H and O–H groups in total. The molecule has 16 heavy (non-hydrogen) atoms. The Morgan fingerprint density at radius 1 is 0.812 bits per heavy atom. The summed E-state index contributed by atoms with van der Waals surface area (Å²) in [5.74, 6) is 0. The molecule has 4 heteroatoms. The first-order valence-corrected chi connectivity index (χ1v) is 6.18. The van der Waals surface area contributed by atoms with Crippen molar-refractivity contribution in [3.05, 3.63) is 0 Å². The number of rotatable bonds is 2. The zero-order chi connectivity index (χ0) is 12.0. The Kier molecular flexibility index (Phi) is 6.28. The van der Waals surface area contributed by atoms with Crippen molar-refractivity contribution in [3.63, 3.8) is 0 Å². The van der Waals surface area contributed by atoms with Gasteiger partial charge in [0, 0.05) is 0 Å². The number of hydrogen-bond acceptors (Lipinski definition) is 4. The molecule has 2 aliphatic rings. The summed E-state index contributed by atoms with van der Waals surface area (Å²) >= 11 is 0. The summed E-state index contributed by atoms with van der Waals surface area (Å²) in [6, 6.07) is 0. The SMILES string of the molecule is CC1CCC(CO)O1.C[C@H]1CC[C@@H](CO)O1. The number of ether oxygens (including phenoxy) is 2. The molecule has 0 saturated carbocycles. The van der Waals surface area contributed by atoms with Gasteiger partial charge in [0.05, 0.1) is 37.6 Å². The van der Waals surface area contributed by atoms with Gasteiger partial charge in [0.15, 0.2) is 0 Å². The van der Waals surface area contributed by atoms with Crippen molar-refractivity contribution in [1.82, 2.24) is 0 Å². The number of aliphatic hydroxyl groups is 2. The third-order valence-electron chi connectivity index (χ3n) is 3.05. The zero-order valence-corrected chi connectivity index (χ0v) is 10.3. The van der Waals surface area contributed by atoms with E-state index in [9.17, 15) is 0 Å². The Balaban J connectivity index is 0.000000160. The molecule has 0 amide bonds. The molecule has 0 aromatic rings. The Hall–Kier alpha value is -0.160. The van der Waals surface area contributed by atoms with Gasteiger partial charge in [0.25, 0.3) is 0 Å². The summed E-state index contributed by atoms with van der Waals surface area (Å²) in [6.45, 7) is 4.44. The Bertz CT molecular complexity index is 166. The zero-order valence-electron chi connectivity index (χ0n) is 10.3. The van der Waals surface area contributed by atoms with Crippen molar-refractivity contribution >= 4 is 0 Å². The van der Waals surface area contributed by atoms with Crippen molar-refractivity contribution < 1.29 is 19.7 Å². The third-order valence-corrected chi connectivity index (χ3v) is 3.05. The van der Waals surface area contributed by atoms with Crippen LogP contribution in [0.1, 0.15) is 39.5 Å². The fourth-order valence-electron chi connectivity index (χ4n) is 2.04. The second-order valence-electron chi connectivity index (χ2n) is 4.66. The standard InChI is InChI=1S/2C6H12O2/c2*1-5-2-3-6(4-7)8-5/h2*5-7H,2-4H2,1H3/t5-,6-;/m0./s1. The Morgan fingerprint density at radius 3 is 1.31 bits per heavy atom. The minimum Gasteiger partial charge on any atom is -0.394 e. The molecule has 0 aromatic carbocycles. The van der Waals surface area contributed by atoms with Crippen LogP contribution in [0, 0.1) is 0 Å². The van der Waals surface area contributed by atoms with Gasteiger partial charge >= 0.3 is 0 Å². The predicted molar refractivity (Wildman–Crippen MR) is 61.3 cm³/mol. The van der Waals surface area contributed by atoms with Gasteiger partial charge in [-0.25, -0.2) is 0 Å². The largest absolute Gasteiger partial charge is 0.394 e. The lowest BCUT2D eigenvalue weighted by molar-refractivity contribution is 0.0198. The second kappa shape index (κ2) is 7.22. The minimum absolute atomic E-state index is 0.130. The van der Waals surface area contributed by atoms with Crippen molar-refractivity contribution in [2.45, 2.75) is 63.9 Å². The van der Waals surface area contributed by atoms with Crippen LogP contribution in [-0.4, -0.2) is 47.8 Å². The van der Waals surface area contributed by atoms with Gasteiger partial charge in [-0.05, 0) is 39.5 Å². The van der Waals surface area contributed by atoms with E-state index in [0.717, 1.165) is 25.7 Å². The van der Waals surface area contributed by atoms with E-state index in [1.807, 2.05) is 13.8 Å². The highest BCUT2D eigenvalue weighted by atomic mass is 16.5. The van der Waals surface area contributed by atoms with Crippen LogP contribution in [0.2, 0.25) is 0 Å². The first-order valence-electron chi connectivity index (χ1n) is 6.18. The summed E-state index contributed by atoms with van der Waals surface area (Å²) in [4.78, 5) is 0. The van der Waals surface area contributed by atoms with Crippen molar-refractivity contribution in [2.24, 2.45) is 0 Å². The highest BCUT2D eigenvalue weighted by Gasteiger charge is 2.20. The van der Waals surface area contributed by atoms with Crippen LogP contribution in [0.5, 0.6) is 0 Å². The van der Waals surface area contributed by atoms with E-state index in [4.69, 9.17) is 19.7 Å². The van der Waals surface area contributed by atoms with Crippen molar-refractivity contribution in [3.8, 4) is 0 Å². The summed E-state index contributed by atoms with van der Waals surface area (Å²) in [5, 5.41) is 17.1. The van der Waals surface area contributed by atoms with E-state index in [1.54, 1.807) is 0 Å². The molecule has 96 valence electrons. The third kappa shape index (κ3) is 4.78. The number of aliphatic hydroxyl groups excluding tert-OH is 2. The van der Waals surface area contributed by atoms with Crippen molar-refractivity contribution in [1.29, 1.82) is 0 Å². The topological polar surface area (TPSA) is 58.9 Å². The smallest absolute Gasteiger partial charge is 0.0810 e. The van der Waals surface area contributed by atoms with Crippen molar-refractivity contribution in [2.75, 3.05) is 13.2 Å². The van der Waals surface area contributed by atoms with E-state index in [2.05, 4.69) is 0 Å². The van der Waals surface area contributed by atoms with Gasteiger partial charge in [-0.1, -0.05) is 0 Å². The molecule has 0 spiro atoms. The Morgan fingerprint density at radius 2 is 1.19 bits per heavy atom. The van der Waals surface area contributed by atoms with E-state index in [1.165, 1.54) is 0 Å². The highest BCUT2D eigenvalue weighted by molar-refractivity contribution is 4.69. The van der Waals surface area contributed by atoms with Crippen LogP contribution in [0.25, 0.3) is 0 Å². The second-order valence-corrected chi connectivity index (χ2v) is 4.66. The predicted octanol–water partition coefficient (Wildman–Crippen LogP) is 1.09. The van der Waals surface area contributed by atoms with Crippen LogP contribution in [0.4, 0.5) is 0 Å². The first-order chi connectivity index (χ1) is 7.65. The summed E-state index contributed by atoms with van der Waals surface area (Å²) in [6.07, 6.45) is 5.25. The van der Waals surface area contributed by atoms with E-state index in [-0.39, 0.29) is 25.4 Å². The molecule has 2 aliphatic heterocycles. The minimum atomic E-state index is 0.130. The lowest BCUT2D eigenvalue weighted by atomic mass is 10.2. The molecule has 0 bridgehead atoms. The fourth-order valence-corrected chi connectivity index (χ4v) is 2.04. The quantitative estimate of drug-likeness (QED) is 0.748. The van der Waals surface area contributed by atoms with E-state index in [0.29, 0.717) is 12.2 Å². The lowest BCUT2D eigenvalue weighted by Gasteiger charge is -2.05. The molecular weight excluding hydrogens is 208 g/mol. The van der Waals surface area contributed by atoms with Crippen LogP contribution >= 0.6 is 0 Å². The van der Waals surface area contributed by atoms with Gasteiger partial charge in [-0.2, -0.15) is 0 Å². The molecule has 4 atom stereocenters. The van der Waals surface area contributed by atoms with Crippen LogP contribution < -0.4 is 0 Å². The molecule has 4 nitrogen and oxygen atoms in total. The lowest BCUT2D eigenvalue weighted by Crippen LogP contribution is -2.11. The van der Waals surface area contributed by atoms with Gasteiger partial charge < -0.3 is 19.7 Å². The molecule has 2 fully saturated rings. The number of hydrogen-bond donors (Lipinski definition) is 2. The normalized spacial score (nSPS) is 38.2. The van der Waals surface area contributed by atoms with Gasteiger partial charge in [0.1, 0.15) is 0 Å². The maximum Gasteiger partial charge on any atom is 0.0810 e. The molecule has 0 aliphatic carbocycles. The highest BCUT2D eigenvalue weighted by Crippen LogP contribution is 2.18. The molecule has 2 rings (SSSR count). The monoisotopic (exact) mass is 232 g/mol. The maximum absolute atomic E-state index is 8.56. The van der Waals surface area contributed by atoms with Gasteiger partial charge in [-0.15, -0.1) is 0 Å². The Labute approximate surface area is 97.6 Å². The molecule has 0 radical (unpaired) electrons. The summed E-state index contributed by atoms with van der Waals surface area (Å²) in [7, 11) is 0. The summed E-state index contributed by atoms with van der Waals surface area (Å²) < 4.78 is 10.5.